The van der Waals surface area contributed by atoms with E-state index in [1.54, 1.807) is 6.07 Å². The number of para-hydroxylation sites is 1. The minimum atomic E-state index is 0.508. The number of fused-ring (bicyclic) bond motifs is 1. The normalized spacial score (nSPS) is 11.0. The smallest absolute Gasteiger partial charge is 0.229 e. The van der Waals surface area contributed by atoms with E-state index in [1.165, 1.54) is 0 Å². The van der Waals surface area contributed by atoms with Gasteiger partial charge in [0.05, 0.1) is 10.6 Å². The molecule has 3 aromatic rings. The first-order chi connectivity index (χ1) is 8.66. The van der Waals surface area contributed by atoms with Crippen molar-refractivity contribution >= 4 is 28.4 Å². The fourth-order valence-corrected chi connectivity index (χ4v) is 2.21. The van der Waals surface area contributed by atoms with Crippen LogP contribution in [0.1, 0.15) is 5.56 Å². The van der Waals surface area contributed by atoms with Crippen molar-refractivity contribution < 1.29 is 4.42 Å². The van der Waals surface area contributed by atoms with E-state index in [4.69, 9.17) is 21.8 Å². The first-order valence-corrected chi connectivity index (χ1v) is 5.95. The van der Waals surface area contributed by atoms with Crippen LogP contribution in [0, 0.1) is 6.92 Å². The lowest BCUT2D eigenvalue weighted by molar-refractivity contribution is 0.620. The topological polar surface area (TPSA) is 52.0 Å². The number of aryl methyl sites for hydroxylation is 1. The number of nitrogen functional groups attached to an aromatic ring is 1. The number of nitrogens with two attached hydrogens (primary N) is 1. The van der Waals surface area contributed by atoms with E-state index in [1.807, 2.05) is 37.3 Å². The second kappa shape index (κ2) is 4.03. The minimum Gasteiger partial charge on any atom is -0.434 e. The van der Waals surface area contributed by atoms with Gasteiger partial charge in [-0.15, -0.1) is 0 Å². The molecule has 0 bridgehead atoms. The highest BCUT2D eigenvalue weighted by Gasteiger charge is 2.14. The number of halogens is 1. The number of hydrogen-bond donors (Lipinski definition) is 1. The second-order valence-corrected chi connectivity index (χ2v) is 4.55. The van der Waals surface area contributed by atoms with E-state index in [2.05, 4.69) is 4.98 Å². The molecule has 1 heterocycles. The van der Waals surface area contributed by atoms with Gasteiger partial charge in [0, 0.05) is 5.69 Å². The van der Waals surface area contributed by atoms with Crippen LogP contribution in [0.5, 0.6) is 0 Å². The van der Waals surface area contributed by atoms with E-state index in [0.717, 1.165) is 16.6 Å². The molecule has 1 aromatic heterocycles. The van der Waals surface area contributed by atoms with Crippen molar-refractivity contribution in [3.05, 3.63) is 47.0 Å². The van der Waals surface area contributed by atoms with Crippen LogP contribution in [0.4, 0.5) is 5.69 Å². The highest BCUT2D eigenvalue weighted by molar-refractivity contribution is 6.34. The Morgan fingerprint density at radius 3 is 2.67 bits per heavy atom. The van der Waals surface area contributed by atoms with E-state index in [-0.39, 0.29) is 0 Å². The molecule has 4 heteroatoms. The average Bonchev–Trinajstić information content (AvgIpc) is 2.74. The molecule has 0 saturated carbocycles. The molecule has 0 saturated heterocycles. The zero-order valence-electron chi connectivity index (χ0n) is 9.77. The van der Waals surface area contributed by atoms with E-state index < -0.39 is 0 Å². The number of rotatable bonds is 1. The van der Waals surface area contributed by atoms with E-state index >= 15 is 0 Å². The number of hydrogen-bond acceptors (Lipinski definition) is 3. The maximum Gasteiger partial charge on any atom is 0.229 e. The van der Waals surface area contributed by atoms with Gasteiger partial charge in [0.25, 0.3) is 0 Å². The van der Waals surface area contributed by atoms with Gasteiger partial charge in [0.1, 0.15) is 5.52 Å². The largest absolute Gasteiger partial charge is 0.434 e. The Labute approximate surface area is 109 Å². The maximum absolute atomic E-state index is 6.07. The van der Waals surface area contributed by atoms with Gasteiger partial charge >= 0.3 is 0 Å². The zero-order valence-corrected chi connectivity index (χ0v) is 10.5. The minimum absolute atomic E-state index is 0.508. The Bertz CT molecular complexity index is 713. The standard InChI is InChI=1S/C14H11ClN2O/c1-8-4-2-6-10(16)12(8)14-17-11-7-3-5-9(15)13(11)18-14/h2-7H,16H2,1H3. The zero-order chi connectivity index (χ0) is 12.7. The molecular formula is C14H11ClN2O. The molecular weight excluding hydrogens is 248 g/mol. The molecule has 3 nitrogen and oxygen atoms in total. The molecule has 0 unspecified atom stereocenters. The second-order valence-electron chi connectivity index (χ2n) is 4.15. The maximum atomic E-state index is 6.07. The number of oxazole rings is 1. The van der Waals surface area contributed by atoms with Crippen molar-refractivity contribution in [3.8, 4) is 11.5 Å². The van der Waals surface area contributed by atoms with Crippen LogP contribution in [0.2, 0.25) is 5.02 Å². The third-order valence-corrected chi connectivity index (χ3v) is 3.18. The van der Waals surface area contributed by atoms with Gasteiger partial charge in [-0.1, -0.05) is 29.8 Å². The molecule has 90 valence electrons. The molecule has 0 radical (unpaired) electrons. The van der Waals surface area contributed by atoms with Crippen LogP contribution >= 0.6 is 11.6 Å². The van der Waals surface area contributed by atoms with Crippen LogP contribution in [0.15, 0.2) is 40.8 Å². The summed E-state index contributed by atoms with van der Waals surface area (Å²) in [6.45, 7) is 1.97. The quantitative estimate of drug-likeness (QED) is 0.670. The van der Waals surface area contributed by atoms with Crippen molar-refractivity contribution in [1.29, 1.82) is 0 Å². The SMILES string of the molecule is Cc1cccc(N)c1-c1nc2cccc(Cl)c2o1. The third-order valence-electron chi connectivity index (χ3n) is 2.89. The Morgan fingerprint density at radius 2 is 1.94 bits per heavy atom. The lowest BCUT2D eigenvalue weighted by Crippen LogP contribution is -1.92. The molecule has 18 heavy (non-hydrogen) atoms. The van der Waals surface area contributed by atoms with E-state index in [0.29, 0.717) is 22.2 Å². The molecule has 0 spiro atoms. The Kier molecular flexibility index (Phi) is 2.49. The summed E-state index contributed by atoms with van der Waals surface area (Å²) in [6.07, 6.45) is 0. The summed E-state index contributed by atoms with van der Waals surface area (Å²) in [6, 6.07) is 11.2. The summed E-state index contributed by atoms with van der Waals surface area (Å²) < 4.78 is 5.72. The van der Waals surface area contributed by atoms with Crippen molar-refractivity contribution in [2.45, 2.75) is 6.92 Å². The number of aromatic nitrogens is 1. The Morgan fingerprint density at radius 1 is 1.17 bits per heavy atom. The van der Waals surface area contributed by atoms with Gasteiger partial charge in [0.15, 0.2) is 5.58 Å². The van der Waals surface area contributed by atoms with Crippen molar-refractivity contribution in [3.63, 3.8) is 0 Å². The molecule has 0 amide bonds. The molecule has 0 aliphatic heterocycles. The molecule has 3 rings (SSSR count). The first-order valence-electron chi connectivity index (χ1n) is 5.57. The summed E-state index contributed by atoms with van der Waals surface area (Å²) in [4.78, 5) is 4.43. The van der Waals surface area contributed by atoms with Gasteiger partial charge in [0.2, 0.25) is 5.89 Å². The summed E-state index contributed by atoms with van der Waals surface area (Å²) in [5.41, 5.74) is 9.81. The lowest BCUT2D eigenvalue weighted by Gasteiger charge is -2.04. The monoisotopic (exact) mass is 258 g/mol. The predicted octanol–water partition coefficient (Wildman–Crippen LogP) is 4.04. The van der Waals surface area contributed by atoms with Gasteiger partial charge < -0.3 is 10.2 Å². The molecule has 0 fully saturated rings. The van der Waals surface area contributed by atoms with Crippen molar-refractivity contribution in [2.24, 2.45) is 0 Å². The molecule has 2 aromatic carbocycles. The predicted molar refractivity (Wildman–Crippen MR) is 73.6 cm³/mol. The summed E-state index contributed by atoms with van der Waals surface area (Å²) in [5, 5.41) is 0.554. The molecule has 0 aliphatic rings. The number of anilines is 1. The average molecular weight is 259 g/mol. The third kappa shape index (κ3) is 1.64. The Hall–Kier alpha value is -2.00. The van der Waals surface area contributed by atoms with Gasteiger partial charge in [-0.05, 0) is 30.7 Å². The van der Waals surface area contributed by atoms with Crippen molar-refractivity contribution in [1.82, 2.24) is 4.98 Å². The van der Waals surface area contributed by atoms with Crippen molar-refractivity contribution in [2.75, 3.05) is 5.73 Å². The molecule has 0 aliphatic carbocycles. The lowest BCUT2D eigenvalue weighted by atomic mass is 10.1. The summed E-state index contributed by atoms with van der Waals surface area (Å²) in [7, 11) is 0. The fraction of sp³-hybridized carbons (Fsp3) is 0.0714. The van der Waals surface area contributed by atoms with Crippen LogP contribution < -0.4 is 5.73 Å². The van der Waals surface area contributed by atoms with Crippen LogP contribution in [-0.4, -0.2) is 4.98 Å². The van der Waals surface area contributed by atoms with Crippen LogP contribution in [-0.2, 0) is 0 Å². The van der Waals surface area contributed by atoms with Gasteiger partial charge in [-0.25, -0.2) is 4.98 Å². The Balaban J connectivity index is 2.30. The summed E-state index contributed by atoms with van der Waals surface area (Å²) >= 11 is 6.07. The van der Waals surface area contributed by atoms with E-state index in [9.17, 15) is 0 Å². The number of benzene rings is 2. The van der Waals surface area contributed by atoms with Crippen LogP contribution in [0.25, 0.3) is 22.6 Å². The summed E-state index contributed by atoms with van der Waals surface area (Å²) in [5.74, 6) is 0.508. The highest BCUT2D eigenvalue weighted by atomic mass is 35.5. The van der Waals surface area contributed by atoms with Crippen LogP contribution in [0.3, 0.4) is 0 Å². The van der Waals surface area contributed by atoms with Gasteiger partial charge in [-0.3, -0.25) is 0 Å². The molecule has 2 N–H and O–H groups in total. The highest BCUT2D eigenvalue weighted by Crippen LogP contribution is 2.33. The van der Waals surface area contributed by atoms with Gasteiger partial charge in [-0.2, -0.15) is 0 Å². The number of nitrogens with zero attached hydrogens (tertiary/aromatic N) is 1. The molecule has 0 atom stereocenters. The fourth-order valence-electron chi connectivity index (χ4n) is 2.00. The first kappa shape index (κ1) is 11.1.